The number of rotatable bonds is 7. The Morgan fingerprint density at radius 1 is 1.20 bits per heavy atom. The monoisotopic (exact) mass is 358 g/mol. The van der Waals surface area contributed by atoms with Gasteiger partial charge >= 0.3 is 6.20 Å². The van der Waals surface area contributed by atoms with Crippen LogP contribution >= 0.6 is 0 Å². The highest BCUT2D eigenvalue weighted by Gasteiger charge is 2.22. The molecule has 130 valence electrons. The highest BCUT2D eigenvalue weighted by atomic mass is 32.2. The number of aryl methyl sites for hydroxylation is 1. The molecule has 0 amide bonds. The summed E-state index contributed by atoms with van der Waals surface area (Å²) in [5.41, 5.74) is 1.89. The first-order valence-electron chi connectivity index (χ1n) is 7.76. The molecular formula is C18H20N3O3S+. The van der Waals surface area contributed by atoms with Gasteiger partial charge in [0.2, 0.25) is 15.4 Å². The minimum absolute atomic E-state index is 0.00401. The number of hydrogen-bond acceptors (Lipinski definition) is 4. The Morgan fingerprint density at radius 3 is 2.44 bits per heavy atom. The standard InChI is InChI=1S/C18H19N3O3S/c1-14-7-9-18(10-8-14)25(23,24)21-16(12-17(22)13-20-19)11-15-5-3-2-4-6-15/h2-10,13,16,21H,11-12H2,1H3/p+1/b17-13+/t16-/m0/s1. The number of aliphatic hydroxyl groups is 1. The minimum Gasteiger partial charge on any atom is -0.505 e. The maximum Gasteiger partial charge on any atom is 0.387 e. The predicted molar refractivity (Wildman–Crippen MR) is 95.8 cm³/mol. The molecule has 2 aromatic rings. The van der Waals surface area contributed by atoms with Gasteiger partial charge in [0.15, 0.2) is 10.7 Å². The number of hydrogen-bond donors (Lipinski definition) is 2. The summed E-state index contributed by atoms with van der Waals surface area (Å²) in [6.07, 6.45) is 1.28. The molecule has 2 N–H and O–H groups in total. The molecule has 2 aromatic carbocycles. The Kier molecular flexibility index (Phi) is 6.28. The van der Waals surface area contributed by atoms with Crippen molar-refractivity contribution in [3.63, 3.8) is 0 Å². The summed E-state index contributed by atoms with van der Waals surface area (Å²) in [6.45, 7) is 1.88. The molecular weight excluding hydrogens is 338 g/mol. The third kappa shape index (κ3) is 5.71. The van der Waals surface area contributed by atoms with Crippen LogP contribution in [0.15, 0.2) is 71.5 Å². The molecule has 0 aliphatic carbocycles. The number of nitrogens with one attached hydrogen (secondary N) is 1. The molecule has 0 aliphatic rings. The van der Waals surface area contributed by atoms with E-state index in [0.717, 1.165) is 17.3 Å². The van der Waals surface area contributed by atoms with Gasteiger partial charge in [-0.1, -0.05) is 48.0 Å². The van der Waals surface area contributed by atoms with E-state index in [1.165, 1.54) is 12.1 Å². The van der Waals surface area contributed by atoms with Crippen molar-refractivity contribution < 1.29 is 13.5 Å². The molecule has 0 spiro atoms. The molecule has 0 saturated heterocycles. The number of aliphatic hydroxyl groups excluding tert-OH is 1. The molecule has 25 heavy (non-hydrogen) atoms. The van der Waals surface area contributed by atoms with Crippen LogP contribution in [-0.2, 0) is 16.4 Å². The lowest BCUT2D eigenvalue weighted by atomic mass is 10.0. The van der Waals surface area contributed by atoms with E-state index >= 15 is 0 Å². The minimum atomic E-state index is -3.74. The fourth-order valence-electron chi connectivity index (χ4n) is 2.43. The molecule has 0 heterocycles. The normalized spacial score (nSPS) is 13.2. The fraction of sp³-hybridized carbons (Fsp3) is 0.222. The van der Waals surface area contributed by atoms with Gasteiger partial charge in [0.05, 0.1) is 4.90 Å². The molecule has 0 aliphatic heterocycles. The zero-order valence-corrected chi connectivity index (χ0v) is 14.6. The first-order valence-corrected chi connectivity index (χ1v) is 9.24. The van der Waals surface area contributed by atoms with Crippen molar-refractivity contribution in [2.75, 3.05) is 0 Å². The Morgan fingerprint density at radius 2 is 1.84 bits per heavy atom. The Hall–Kier alpha value is -2.69. The van der Waals surface area contributed by atoms with Gasteiger partial charge in [-0.05, 0) is 31.0 Å². The van der Waals surface area contributed by atoms with Crippen LogP contribution < -0.4 is 4.72 Å². The second-order valence-electron chi connectivity index (χ2n) is 5.76. The first kappa shape index (κ1) is 18.6. The summed E-state index contributed by atoms with van der Waals surface area (Å²) in [4.78, 5) is 2.93. The molecule has 0 unspecified atom stereocenters. The van der Waals surface area contributed by atoms with Gasteiger partial charge in [0.1, 0.15) is 0 Å². The van der Waals surface area contributed by atoms with Crippen LogP contribution in [0.3, 0.4) is 0 Å². The Balaban J connectivity index is 2.23. The van der Waals surface area contributed by atoms with Gasteiger partial charge in [0.25, 0.3) is 0 Å². The second kappa shape index (κ2) is 8.42. The van der Waals surface area contributed by atoms with Gasteiger partial charge < -0.3 is 5.11 Å². The van der Waals surface area contributed by atoms with Crippen LogP contribution in [0.4, 0.5) is 0 Å². The van der Waals surface area contributed by atoms with E-state index in [-0.39, 0.29) is 17.1 Å². The second-order valence-corrected chi connectivity index (χ2v) is 7.47. The summed E-state index contributed by atoms with van der Waals surface area (Å²) >= 11 is 0. The largest absolute Gasteiger partial charge is 0.505 e. The van der Waals surface area contributed by atoms with Crippen LogP contribution in [0.1, 0.15) is 17.5 Å². The van der Waals surface area contributed by atoms with E-state index < -0.39 is 16.1 Å². The molecule has 0 fully saturated rings. The molecule has 1 atom stereocenters. The molecule has 0 aromatic heterocycles. The highest BCUT2D eigenvalue weighted by Crippen LogP contribution is 2.15. The summed E-state index contributed by atoms with van der Waals surface area (Å²) < 4.78 is 27.8. The number of diazo groups is 1. The lowest BCUT2D eigenvalue weighted by molar-refractivity contribution is 0.366. The molecule has 0 saturated carbocycles. The molecule has 2 rings (SSSR count). The number of benzene rings is 2. The van der Waals surface area contributed by atoms with E-state index in [2.05, 4.69) is 9.70 Å². The topological polar surface area (TPSA) is 94.6 Å². The van der Waals surface area contributed by atoms with Crippen molar-refractivity contribution in [1.82, 2.24) is 4.72 Å². The molecule has 7 heteroatoms. The van der Waals surface area contributed by atoms with Gasteiger partial charge in [-0.2, -0.15) is 0 Å². The van der Waals surface area contributed by atoms with E-state index in [1.54, 1.807) is 12.1 Å². The van der Waals surface area contributed by atoms with Crippen molar-refractivity contribution in [3.05, 3.63) is 82.7 Å². The lowest BCUT2D eigenvalue weighted by Crippen LogP contribution is -2.36. The quantitative estimate of drug-likeness (QED) is 0.585. The van der Waals surface area contributed by atoms with Crippen LogP contribution in [-0.4, -0.2) is 19.6 Å². The van der Waals surface area contributed by atoms with E-state index in [9.17, 15) is 13.5 Å². The third-order valence-electron chi connectivity index (χ3n) is 3.64. The molecule has 0 radical (unpaired) electrons. The van der Waals surface area contributed by atoms with Gasteiger partial charge in [-0.25, -0.2) is 13.1 Å². The summed E-state index contributed by atoms with van der Waals surface area (Å²) in [7, 11) is -3.74. The maximum absolute atomic E-state index is 12.6. The average Bonchev–Trinajstić information content (AvgIpc) is 2.56. The van der Waals surface area contributed by atoms with Gasteiger partial charge in [-0.3, -0.25) is 0 Å². The van der Waals surface area contributed by atoms with Crippen LogP contribution in [0.25, 0.3) is 4.98 Å². The smallest absolute Gasteiger partial charge is 0.387 e. The van der Waals surface area contributed by atoms with Gasteiger partial charge in [-0.15, -0.1) is 0 Å². The Labute approximate surface area is 147 Å². The van der Waals surface area contributed by atoms with E-state index in [4.69, 9.17) is 5.39 Å². The summed E-state index contributed by atoms with van der Waals surface area (Å²) in [5.74, 6) is -0.213. The SMILES string of the molecule is Cc1ccc(S(=O)(=O)N[C@H](C/C(O)=C\[N+]#N)Cc2ccccc2)cc1. The van der Waals surface area contributed by atoms with Crippen molar-refractivity contribution >= 4 is 10.0 Å². The lowest BCUT2D eigenvalue weighted by Gasteiger charge is -2.18. The zero-order valence-electron chi connectivity index (χ0n) is 13.8. The fourth-order valence-corrected chi connectivity index (χ4v) is 3.67. The number of sulfonamides is 1. The third-order valence-corrected chi connectivity index (χ3v) is 5.18. The van der Waals surface area contributed by atoms with Crippen LogP contribution in [0.5, 0.6) is 0 Å². The summed E-state index contributed by atoms with van der Waals surface area (Å²) in [5, 5.41) is 18.3. The maximum atomic E-state index is 12.6. The van der Waals surface area contributed by atoms with Crippen LogP contribution in [0.2, 0.25) is 0 Å². The van der Waals surface area contributed by atoms with Crippen molar-refractivity contribution in [2.24, 2.45) is 0 Å². The number of nitrogens with zero attached hydrogens (tertiary/aromatic N) is 2. The van der Waals surface area contributed by atoms with Crippen molar-refractivity contribution in [1.29, 1.82) is 5.39 Å². The Bertz CT molecular complexity index is 870. The zero-order chi connectivity index (χ0) is 18.3. The molecule has 0 bridgehead atoms. The van der Waals surface area contributed by atoms with E-state index in [0.29, 0.717) is 6.42 Å². The highest BCUT2D eigenvalue weighted by molar-refractivity contribution is 7.89. The summed E-state index contributed by atoms with van der Waals surface area (Å²) in [6, 6.07) is 15.3. The van der Waals surface area contributed by atoms with Crippen molar-refractivity contribution in [3.8, 4) is 0 Å². The first-order chi connectivity index (χ1) is 11.9. The predicted octanol–water partition coefficient (Wildman–Crippen LogP) is 3.53. The molecule has 6 nitrogen and oxygen atoms in total. The average molecular weight is 358 g/mol. The van der Waals surface area contributed by atoms with Crippen molar-refractivity contribution in [2.45, 2.75) is 30.7 Å². The van der Waals surface area contributed by atoms with Gasteiger partial charge in [0, 0.05) is 12.5 Å². The van der Waals surface area contributed by atoms with E-state index in [1.807, 2.05) is 37.3 Å². The van der Waals surface area contributed by atoms with Crippen LogP contribution in [0, 0.1) is 12.3 Å².